The predicted molar refractivity (Wildman–Crippen MR) is 105 cm³/mol. The number of nitrogens with zero attached hydrogens (tertiary/aromatic N) is 1. The lowest BCUT2D eigenvalue weighted by molar-refractivity contribution is 0.353. The topological polar surface area (TPSA) is 103 Å². The highest BCUT2D eigenvalue weighted by molar-refractivity contribution is 6.31. The van der Waals surface area contributed by atoms with Gasteiger partial charge >= 0.3 is 5.69 Å². The van der Waals surface area contributed by atoms with E-state index in [4.69, 9.17) is 11.6 Å². The van der Waals surface area contributed by atoms with Gasteiger partial charge < -0.3 is 15.4 Å². The van der Waals surface area contributed by atoms with E-state index in [1.807, 2.05) is 32.0 Å². The summed E-state index contributed by atoms with van der Waals surface area (Å²) in [5.41, 5.74) is 1.76. The minimum atomic E-state index is -0.602. The van der Waals surface area contributed by atoms with Gasteiger partial charge in [0.1, 0.15) is 5.56 Å². The smallest absolute Gasteiger partial charge is 0.331 e. The number of hydrogen-bond acceptors (Lipinski definition) is 4. The Labute approximate surface area is 160 Å². The molecular formula is C19H21ClN4O3. The van der Waals surface area contributed by atoms with Gasteiger partial charge in [-0.25, -0.2) is 4.79 Å². The Kier molecular flexibility index (Phi) is 4.36. The van der Waals surface area contributed by atoms with Crippen molar-refractivity contribution in [1.82, 2.24) is 19.9 Å². The highest BCUT2D eigenvalue weighted by atomic mass is 35.5. The summed E-state index contributed by atoms with van der Waals surface area (Å²) >= 11 is 6.15. The van der Waals surface area contributed by atoms with Crippen LogP contribution in [0.15, 0.2) is 27.8 Å². The lowest BCUT2D eigenvalue weighted by atomic mass is 9.95. The third-order valence-electron chi connectivity index (χ3n) is 5.39. The molecule has 0 amide bonds. The van der Waals surface area contributed by atoms with Crippen LogP contribution in [0.25, 0.3) is 10.9 Å². The summed E-state index contributed by atoms with van der Waals surface area (Å²) in [6, 6.07) is 4.83. The number of aromatic amines is 2. The Morgan fingerprint density at radius 2 is 2.11 bits per heavy atom. The summed E-state index contributed by atoms with van der Waals surface area (Å²) in [6.45, 7) is 4.38. The molecule has 0 radical (unpaired) electrons. The average Bonchev–Trinajstić information content (AvgIpc) is 3.00. The number of aromatic nitrogens is 3. The van der Waals surface area contributed by atoms with Crippen molar-refractivity contribution in [2.24, 2.45) is 0 Å². The van der Waals surface area contributed by atoms with Crippen molar-refractivity contribution in [2.75, 3.05) is 6.54 Å². The quantitative estimate of drug-likeness (QED) is 0.553. The van der Waals surface area contributed by atoms with Gasteiger partial charge in [0.2, 0.25) is 5.88 Å². The van der Waals surface area contributed by atoms with Crippen molar-refractivity contribution in [3.8, 4) is 5.88 Å². The number of fused-ring (bicyclic) bond motifs is 3. The Bertz CT molecular complexity index is 1140. The summed E-state index contributed by atoms with van der Waals surface area (Å²) < 4.78 is 1.24. The zero-order chi connectivity index (χ0) is 19.3. The summed E-state index contributed by atoms with van der Waals surface area (Å²) in [7, 11) is 0. The maximum atomic E-state index is 12.6. The van der Waals surface area contributed by atoms with Crippen LogP contribution in [0.2, 0.25) is 5.02 Å². The fourth-order valence-corrected chi connectivity index (χ4v) is 4.02. The van der Waals surface area contributed by atoms with E-state index in [1.54, 1.807) is 0 Å². The van der Waals surface area contributed by atoms with Crippen molar-refractivity contribution >= 4 is 22.5 Å². The van der Waals surface area contributed by atoms with E-state index in [0.717, 1.165) is 28.6 Å². The molecule has 0 spiro atoms. The number of nitrogens with one attached hydrogen (secondary N) is 3. The minimum absolute atomic E-state index is 0.147. The third kappa shape index (κ3) is 2.78. The van der Waals surface area contributed by atoms with E-state index in [0.29, 0.717) is 18.0 Å². The molecule has 1 aromatic carbocycles. The summed E-state index contributed by atoms with van der Waals surface area (Å²) in [6.07, 6.45) is 1.42. The summed E-state index contributed by atoms with van der Waals surface area (Å²) in [4.78, 5) is 30.5. The van der Waals surface area contributed by atoms with Crippen LogP contribution in [0.3, 0.4) is 0 Å². The molecule has 7 nitrogen and oxygen atoms in total. The molecule has 0 aliphatic carbocycles. The Hall–Kier alpha value is -2.51. The normalized spacial score (nSPS) is 17.8. The molecule has 3 aromatic rings. The fourth-order valence-electron chi connectivity index (χ4n) is 3.85. The molecule has 4 rings (SSSR count). The van der Waals surface area contributed by atoms with Crippen LogP contribution >= 0.6 is 11.6 Å². The van der Waals surface area contributed by atoms with Crippen LogP contribution in [0.4, 0.5) is 0 Å². The molecule has 2 aromatic heterocycles. The maximum absolute atomic E-state index is 12.6. The molecular weight excluding hydrogens is 368 g/mol. The third-order valence-corrected chi connectivity index (χ3v) is 5.62. The van der Waals surface area contributed by atoms with Gasteiger partial charge in [0, 0.05) is 34.2 Å². The summed E-state index contributed by atoms with van der Waals surface area (Å²) in [5.74, 6) is -0.292. The van der Waals surface area contributed by atoms with Gasteiger partial charge in [-0.2, -0.15) is 0 Å². The van der Waals surface area contributed by atoms with Gasteiger partial charge in [0.05, 0.1) is 6.04 Å². The molecule has 0 fully saturated rings. The second-order valence-corrected chi connectivity index (χ2v) is 7.40. The molecule has 142 valence electrons. The van der Waals surface area contributed by atoms with Crippen molar-refractivity contribution in [3.05, 3.63) is 60.9 Å². The molecule has 2 atom stereocenters. The first kappa shape index (κ1) is 17.9. The van der Waals surface area contributed by atoms with Crippen molar-refractivity contribution in [3.63, 3.8) is 0 Å². The number of benzene rings is 1. The van der Waals surface area contributed by atoms with Crippen LogP contribution in [0.5, 0.6) is 5.88 Å². The van der Waals surface area contributed by atoms with Gasteiger partial charge in [-0.1, -0.05) is 18.5 Å². The zero-order valence-electron chi connectivity index (χ0n) is 15.1. The van der Waals surface area contributed by atoms with Gasteiger partial charge in [0.15, 0.2) is 0 Å². The van der Waals surface area contributed by atoms with Crippen molar-refractivity contribution in [1.29, 1.82) is 0 Å². The minimum Gasteiger partial charge on any atom is -0.494 e. The molecule has 0 saturated carbocycles. The Morgan fingerprint density at radius 1 is 1.33 bits per heavy atom. The van der Waals surface area contributed by atoms with Crippen LogP contribution < -0.4 is 16.6 Å². The van der Waals surface area contributed by atoms with Crippen LogP contribution in [0, 0.1) is 0 Å². The largest absolute Gasteiger partial charge is 0.494 e. The van der Waals surface area contributed by atoms with Crippen molar-refractivity contribution in [2.45, 2.75) is 38.8 Å². The second-order valence-electron chi connectivity index (χ2n) is 6.97. The molecule has 1 aliphatic rings. The lowest BCUT2D eigenvalue weighted by Gasteiger charge is -2.26. The van der Waals surface area contributed by atoms with Gasteiger partial charge in [0.25, 0.3) is 5.56 Å². The van der Waals surface area contributed by atoms with E-state index in [-0.39, 0.29) is 17.5 Å². The first-order valence-corrected chi connectivity index (χ1v) is 9.41. The van der Waals surface area contributed by atoms with E-state index < -0.39 is 17.3 Å². The number of H-pyrrole nitrogens is 2. The number of halogens is 1. The van der Waals surface area contributed by atoms with Gasteiger partial charge in [-0.05, 0) is 43.5 Å². The van der Waals surface area contributed by atoms with Gasteiger partial charge in [-0.15, -0.1) is 0 Å². The average molecular weight is 389 g/mol. The zero-order valence-corrected chi connectivity index (χ0v) is 15.9. The predicted octanol–water partition coefficient (Wildman–Crippen LogP) is 2.58. The molecule has 4 N–H and O–H groups in total. The SMILES string of the molecule is CC[C@H](C)n1c(O)c([C@@H]2NCCc3c2[nH]c2ccc(Cl)cc32)c(=O)[nH]c1=O. The van der Waals surface area contributed by atoms with E-state index in [1.165, 1.54) is 4.57 Å². The monoisotopic (exact) mass is 388 g/mol. The maximum Gasteiger partial charge on any atom is 0.331 e. The van der Waals surface area contributed by atoms with Crippen LogP contribution in [0.1, 0.15) is 49.2 Å². The Morgan fingerprint density at radius 3 is 2.85 bits per heavy atom. The number of rotatable bonds is 3. The van der Waals surface area contributed by atoms with Crippen LogP contribution in [-0.4, -0.2) is 26.2 Å². The van der Waals surface area contributed by atoms with Crippen LogP contribution in [-0.2, 0) is 6.42 Å². The standard InChI is InChI=1S/C19H21ClN4O3/c1-3-9(2)24-18(26)14(17(25)23-19(24)27)16-15-11(6-7-21-16)12-8-10(20)4-5-13(12)22-15/h4-5,8-9,16,21-22,26H,3,6-7H2,1-2H3,(H,23,25,27)/t9-,16-/m0/s1. The molecule has 0 saturated heterocycles. The first-order valence-electron chi connectivity index (χ1n) is 9.03. The fraction of sp³-hybridized carbons (Fsp3) is 0.368. The number of hydrogen-bond donors (Lipinski definition) is 4. The van der Waals surface area contributed by atoms with E-state index in [2.05, 4.69) is 15.3 Å². The number of aromatic hydroxyl groups is 1. The highest BCUT2D eigenvalue weighted by Gasteiger charge is 2.31. The van der Waals surface area contributed by atoms with Crippen molar-refractivity contribution < 1.29 is 5.11 Å². The first-order chi connectivity index (χ1) is 12.9. The van der Waals surface area contributed by atoms with E-state index >= 15 is 0 Å². The molecule has 27 heavy (non-hydrogen) atoms. The second kappa shape index (κ2) is 6.58. The summed E-state index contributed by atoms with van der Waals surface area (Å²) in [5, 5.41) is 15.8. The van der Waals surface area contributed by atoms with Gasteiger partial charge in [-0.3, -0.25) is 14.3 Å². The molecule has 8 heteroatoms. The van der Waals surface area contributed by atoms with E-state index in [9.17, 15) is 14.7 Å². The molecule has 3 heterocycles. The lowest BCUT2D eigenvalue weighted by Crippen LogP contribution is -2.39. The molecule has 1 aliphatic heterocycles. The molecule has 0 unspecified atom stereocenters. The Balaban J connectivity index is 1.96. The highest BCUT2D eigenvalue weighted by Crippen LogP contribution is 2.36. The molecule has 0 bridgehead atoms.